The Morgan fingerprint density at radius 1 is 1.29 bits per heavy atom. The van der Waals surface area contributed by atoms with E-state index in [1.54, 1.807) is 24.3 Å². The lowest BCUT2D eigenvalue weighted by Gasteiger charge is -2.08. The number of rotatable bonds is 6. The highest BCUT2D eigenvalue weighted by Crippen LogP contribution is 2.09. The first-order valence-electron chi connectivity index (χ1n) is 5.74. The lowest BCUT2D eigenvalue weighted by molar-refractivity contribution is 0.568. The number of hydrogen-bond acceptors (Lipinski definition) is 3. The molecule has 0 spiro atoms. The topological polar surface area (TPSA) is 72.2 Å². The summed E-state index contributed by atoms with van der Waals surface area (Å²) >= 11 is 0. The SMILES string of the molecule is Cc1ccc(S(=O)(=O)NCCCC(C)N)cc1. The fourth-order valence-electron chi connectivity index (χ4n) is 1.43. The molecule has 3 N–H and O–H groups in total. The van der Waals surface area contributed by atoms with Gasteiger partial charge in [-0.15, -0.1) is 0 Å². The summed E-state index contributed by atoms with van der Waals surface area (Å²) in [5, 5.41) is 0. The zero-order chi connectivity index (χ0) is 12.9. The van der Waals surface area contributed by atoms with Crippen LogP contribution in [0, 0.1) is 6.92 Å². The van der Waals surface area contributed by atoms with E-state index in [0.717, 1.165) is 18.4 Å². The predicted molar refractivity (Wildman–Crippen MR) is 69.3 cm³/mol. The molecule has 0 fully saturated rings. The van der Waals surface area contributed by atoms with E-state index in [9.17, 15) is 8.42 Å². The smallest absolute Gasteiger partial charge is 0.240 e. The molecule has 0 aliphatic rings. The van der Waals surface area contributed by atoms with Gasteiger partial charge in [-0.2, -0.15) is 0 Å². The second kappa shape index (κ2) is 6.14. The average Bonchev–Trinajstić information content (AvgIpc) is 2.25. The zero-order valence-electron chi connectivity index (χ0n) is 10.3. The number of nitrogens with one attached hydrogen (secondary N) is 1. The van der Waals surface area contributed by atoms with Crippen LogP contribution in [0.3, 0.4) is 0 Å². The third kappa shape index (κ3) is 4.85. The summed E-state index contributed by atoms with van der Waals surface area (Å²) in [6.45, 7) is 4.26. The second-order valence-corrected chi connectivity index (χ2v) is 6.10. The minimum Gasteiger partial charge on any atom is -0.328 e. The van der Waals surface area contributed by atoms with Crippen LogP contribution in [0.4, 0.5) is 0 Å². The summed E-state index contributed by atoms with van der Waals surface area (Å²) in [6, 6.07) is 6.92. The standard InChI is InChI=1S/C12H20N2O2S/c1-10-5-7-12(8-6-10)17(15,16)14-9-3-4-11(2)13/h5-8,11,14H,3-4,9,13H2,1-2H3. The largest absolute Gasteiger partial charge is 0.328 e. The van der Waals surface area contributed by atoms with Crippen molar-refractivity contribution >= 4 is 10.0 Å². The van der Waals surface area contributed by atoms with Gasteiger partial charge in [0, 0.05) is 12.6 Å². The van der Waals surface area contributed by atoms with Crippen molar-refractivity contribution in [1.29, 1.82) is 0 Å². The van der Waals surface area contributed by atoms with Crippen molar-refractivity contribution in [2.24, 2.45) is 5.73 Å². The van der Waals surface area contributed by atoms with Gasteiger partial charge in [-0.05, 0) is 38.8 Å². The van der Waals surface area contributed by atoms with E-state index in [4.69, 9.17) is 5.73 Å². The maximum Gasteiger partial charge on any atom is 0.240 e. The first-order valence-corrected chi connectivity index (χ1v) is 7.22. The molecule has 0 aromatic heterocycles. The van der Waals surface area contributed by atoms with Gasteiger partial charge >= 0.3 is 0 Å². The van der Waals surface area contributed by atoms with Crippen LogP contribution in [0.5, 0.6) is 0 Å². The van der Waals surface area contributed by atoms with Crippen LogP contribution in [0.25, 0.3) is 0 Å². The number of hydrogen-bond donors (Lipinski definition) is 2. The fourth-order valence-corrected chi connectivity index (χ4v) is 2.51. The number of aryl methyl sites for hydroxylation is 1. The van der Waals surface area contributed by atoms with Gasteiger partial charge in [0.1, 0.15) is 0 Å². The number of nitrogens with two attached hydrogens (primary N) is 1. The Balaban J connectivity index is 2.54. The van der Waals surface area contributed by atoms with E-state index in [-0.39, 0.29) is 6.04 Å². The molecular weight excluding hydrogens is 236 g/mol. The molecule has 17 heavy (non-hydrogen) atoms. The molecule has 5 heteroatoms. The average molecular weight is 256 g/mol. The molecule has 0 radical (unpaired) electrons. The molecule has 1 unspecified atom stereocenters. The molecule has 0 aliphatic heterocycles. The minimum atomic E-state index is -3.37. The Kier molecular flexibility index (Phi) is 5.11. The van der Waals surface area contributed by atoms with Gasteiger partial charge in [-0.3, -0.25) is 0 Å². The van der Waals surface area contributed by atoms with Crippen molar-refractivity contribution < 1.29 is 8.42 Å². The van der Waals surface area contributed by atoms with Crippen LogP contribution in [0.1, 0.15) is 25.3 Å². The Bertz CT molecular complexity index is 438. The van der Waals surface area contributed by atoms with Crippen molar-refractivity contribution in [3.05, 3.63) is 29.8 Å². The molecule has 0 aliphatic carbocycles. The summed E-state index contributed by atoms with van der Waals surface area (Å²) < 4.78 is 26.3. The van der Waals surface area contributed by atoms with Crippen molar-refractivity contribution in [2.75, 3.05) is 6.54 Å². The van der Waals surface area contributed by atoms with Gasteiger partial charge in [0.25, 0.3) is 0 Å². The van der Waals surface area contributed by atoms with Crippen molar-refractivity contribution in [3.8, 4) is 0 Å². The molecule has 4 nitrogen and oxygen atoms in total. The monoisotopic (exact) mass is 256 g/mol. The van der Waals surface area contributed by atoms with Gasteiger partial charge in [-0.1, -0.05) is 17.7 Å². The summed E-state index contributed by atoms with van der Waals surface area (Å²) in [6.07, 6.45) is 1.57. The van der Waals surface area contributed by atoms with E-state index < -0.39 is 10.0 Å². The number of sulfonamides is 1. The highest BCUT2D eigenvalue weighted by molar-refractivity contribution is 7.89. The van der Waals surface area contributed by atoms with E-state index >= 15 is 0 Å². The minimum absolute atomic E-state index is 0.110. The van der Waals surface area contributed by atoms with Gasteiger partial charge in [0.05, 0.1) is 4.90 Å². The summed E-state index contributed by atoms with van der Waals surface area (Å²) in [4.78, 5) is 0.309. The first kappa shape index (κ1) is 14.2. The summed E-state index contributed by atoms with van der Waals surface area (Å²) in [7, 11) is -3.37. The van der Waals surface area contributed by atoms with Gasteiger partial charge in [0.2, 0.25) is 10.0 Å². The maximum atomic E-state index is 11.8. The molecule has 1 aromatic carbocycles. The highest BCUT2D eigenvalue weighted by atomic mass is 32.2. The Hall–Kier alpha value is -0.910. The fraction of sp³-hybridized carbons (Fsp3) is 0.500. The molecule has 0 saturated carbocycles. The molecule has 96 valence electrons. The summed E-state index contributed by atoms with van der Waals surface area (Å²) in [5.41, 5.74) is 6.64. The Labute approximate surface area is 103 Å². The third-order valence-corrected chi connectivity index (χ3v) is 3.94. The Morgan fingerprint density at radius 3 is 2.41 bits per heavy atom. The molecule has 1 rings (SSSR count). The van der Waals surface area contributed by atoms with Crippen LogP contribution < -0.4 is 10.5 Å². The number of benzene rings is 1. The molecule has 1 atom stereocenters. The zero-order valence-corrected chi connectivity index (χ0v) is 11.1. The second-order valence-electron chi connectivity index (χ2n) is 4.33. The summed E-state index contributed by atoms with van der Waals surface area (Å²) in [5.74, 6) is 0. The van der Waals surface area contributed by atoms with Crippen LogP contribution in [-0.4, -0.2) is 21.0 Å². The van der Waals surface area contributed by atoms with Crippen LogP contribution in [0.15, 0.2) is 29.2 Å². The highest BCUT2D eigenvalue weighted by Gasteiger charge is 2.12. The predicted octanol–water partition coefficient (Wildman–Crippen LogP) is 1.40. The molecule has 0 bridgehead atoms. The van der Waals surface area contributed by atoms with E-state index in [1.807, 2.05) is 13.8 Å². The van der Waals surface area contributed by atoms with E-state index in [0.29, 0.717) is 11.4 Å². The van der Waals surface area contributed by atoms with Gasteiger partial charge in [0.15, 0.2) is 0 Å². The third-order valence-electron chi connectivity index (χ3n) is 2.46. The normalized spacial score (nSPS) is 13.6. The first-order chi connectivity index (χ1) is 7.92. The van der Waals surface area contributed by atoms with Gasteiger partial charge < -0.3 is 5.73 Å². The van der Waals surface area contributed by atoms with Crippen LogP contribution in [0.2, 0.25) is 0 Å². The van der Waals surface area contributed by atoms with Crippen molar-refractivity contribution in [1.82, 2.24) is 4.72 Å². The van der Waals surface area contributed by atoms with Crippen molar-refractivity contribution in [3.63, 3.8) is 0 Å². The Morgan fingerprint density at radius 2 is 1.88 bits per heavy atom. The van der Waals surface area contributed by atoms with E-state index in [1.165, 1.54) is 0 Å². The van der Waals surface area contributed by atoms with Crippen LogP contribution >= 0.6 is 0 Å². The molecule has 0 heterocycles. The quantitative estimate of drug-likeness (QED) is 0.756. The van der Waals surface area contributed by atoms with E-state index in [2.05, 4.69) is 4.72 Å². The maximum absolute atomic E-state index is 11.8. The molecule has 1 aromatic rings. The van der Waals surface area contributed by atoms with Gasteiger partial charge in [-0.25, -0.2) is 13.1 Å². The lowest BCUT2D eigenvalue weighted by Crippen LogP contribution is -2.26. The molecule has 0 saturated heterocycles. The molecular formula is C12H20N2O2S. The van der Waals surface area contributed by atoms with Crippen molar-refractivity contribution in [2.45, 2.75) is 37.6 Å². The lowest BCUT2D eigenvalue weighted by atomic mass is 10.2. The van der Waals surface area contributed by atoms with Crippen LogP contribution in [-0.2, 0) is 10.0 Å². The molecule has 0 amide bonds.